The first kappa shape index (κ1) is 22.2. The van der Waals surface area contributed by atoms with E-state index in [0.29, 0.717) is 6.42 Å². The van der Waals surface area contributed by atoms with Crippen LogP contribution in [0.25, 0.3) is 0 Å². The van der Waals surface area contributed by atoms with Gasteiger partial charge in [-0.1, -0.05) is 32.0 Å². The van der Waals surface area contributed by atoms with Gasteiger partial charge >= 0.3 is 6.18 Å². The molecule has 1 aliphatic carbocycles. The fourth-order valence-electron chi connectivity index (χ4n) is 2.62. The average molecular weight is 394 g/mol. The number of alkyl halides is 3. The molecule has 4 N–H and O–H groups in total. The predicted octanol–water partition coefficient (Wildman–Crippen LogP) is 2.20. The van der Waals surface area contributed by atoms with Gasteiger partial charge in [0.05, 0.1) is 18.2 Å². The fourth-order valence-corrected chi connectivity index (χ4v) is 2.62. The van der Waals surface area contributed by atoms with Crippen molar-refractivity contribution in [3.05, 3.63) is 35.4 Å². The number of amides is 2. The summed E-state index contributed by atoms with van der Waals surface area (Å²) in [6.45, 7) is 3.33. The molecule has 2 rings (SSSR count). The molecule has 26 heavy (non-hydrogen) atoms. The second-order valence-electron chi connectivity index (χ2n) is 6.59. The summed E-state index contributed by atoms with van der Waals surface area (Å²) < 4.78 is 39.1. The number of hydrogen-bond acceptors (Lipinski definition) is 3. The third-order valence-electron chi connectivity index (χ3n) is 4.25. The number of halogens is 4. The molecule has 0 radical (unpaired) electrons. The van der Waals surface area contributed by atoms with E-state index in [1.807, 2.05) is 0 Å². The van der Waals surface area contributed by atoms with E-state index in [1.165, 1.54) is 12.1 Å². The van der Waals surface area contributed by atoms with Crippen LogP contribution in [-0.2, 0) is 15.8 Å². The highest BCUT2D eigenvalue weighted by Gasteiger charge is 2.44. The summed E-state index contributed by atoms with van der Waals surface area (Å²) in [5, 5.41) is 5.07. The van der Waals surface area contributed by atoms with Crippen LogP contribution in [-0.4, -0.2) is 30.4 Å². The van der Waals surface area contributed by atoms with Crippen molar-refractivity contribution in [3.8, 4) is 0 Å². The molecule has 0 aromatic heterocycles. The summed E-state index contributed by atoms with van der Waals surface area (Å²) in [5.74, 6) is -1.30. The summed E-state index contributed by atoms with van der Waals surface area (Å²) in [5.41, 5.74) is 5.18. The zero-order chi connectivity index (χ0) is 18.8. The topological polar surface area (TPSA) is 84.2 Å². The Morgan fingerprint density at radius 3 is 2.46 bits per heavy atom. The molecule has 146 valence electrons. The third-order valence-corrected chi connectivity index (χ3v) is 4.25. The van der Waals surface area contributed by atoms with Crippen LogP contribution >= 0.6 is 12.4 Å². The van der Waals surface area contributed by atoms with Gasteiger partial charge < -0.3 is 16.4 Å². The largest absolute Gasteiger partial charge is 0.416 e. The second-order valence-corrected chi connectivity index (χ2v) is 6.59. The van der Waals surface area contributed by atoms with Crippen molar-refractivity contribution in [2.75, 3.05) is 6.54 Å². The molecule has 2 amide bonds. The number of nitrogens with two attached hydrogens (primary N) is 1. The lowest BCUT2D eigenvalue weighted by molar-refractivity contribution is -0.138. The number of hydrogen-bond donors (Lipinski definition) is 3. The lowest BCUT2D eigenvalue weighted by Gasteiger charge is -2.15. The minimum atomic E-state index is -4.42. The molecule has 0 heterocycles. The molecule has 1 fully saturated rings. The lowest BCUT2D eigenvalue weighted by Crippen LogP contribution is -2.47. The van der Waals surface area contributed by atoms with E-state index in [-0.39, 0.29) is 42.4 Å². The van der Waals surface area contributed by atoms with Gasteiger partial charge in [-0.3, -0.25) is 9.59 Å². The Labute approximate surface area is 156 Å². The number of rotatable bonds is 6. The van der Waals surface area contributed by atoms with Crippen LogP contribution in [0.4, 0.5) is 13.2 Å². The molecule has 1 saturated carbocycles. The van der Waals surface area contributed by atoms with Crippen molar-refractivity contribution in [3.63, 3.8) is 0 Å². The first-order chi connectivity index (χ1) is 11.6. The van der Waals surface area contributed by atoms with Gasteiger partial charge in [-0.05, 0) is 24.0 Å². The molecule has 1 aromatic rings. The molecule has 2 unspecified atom stereocenters. The van der Waals surface area contributed by atoms with E-state index in [9.17, 15) is 22.8 Å². The minimum absolute atomic E-state index is 0. The van der Waals surface area contributed by atoms with Gasteiger partial charge in [0.25, 0.3) is 0 Å². The normalized spacial score (nSPS) is 20.1. The Balaban J connectivity index is 0.00000338. The van der Waals surface area contributed by atoms with Crippen LogP contribution in [0.15, 0.2) is 24.3 Å². The number of benzene rings is 1. The standard InChI is InChI=1S/C17H22F3N3O2.ClH/c1-9(2)15(21)16(25)22-8-14(24)23-13-7-11(13)10-5-3-4-6-12(10)17(18,19)20;/h3-6,9,11,13,15H,7-8,21H2,1-2H3,(H,22,25)(H,23,24);1H/t11?,13?,15-;/m0./s1. The van der Waals surface area contributed by atoms with Gasteiger partial charge in [-0.15, -0.1) is 12.4 Å². The smallest absolute Gasteiger partial charge is 0.351 e. The van der Waals surface area contributed by atoms with E-state index in [0.717, 1.165) is 6.07 Å². The Hall–Kier alpha value is -1.80. The van der Waals surface area contributed by atoms with Crippen molar-refractivity contribution >= 4 is 24.2 Å². The van der Waals surface area contributed by atoms with E-state index in [4.69, 9.17) is 5.73 Å². The van der Waals surface area contributed by atoms with Crippen molar-refractivity contribution in [2.45, 2.75) is 44.4 Å². The van der Waals surface area contributed by atoms with Crippen LogP contribution in [0.5, 0.6) is 0 Å². The van der Waals surface area contributed by atoms with Gasteiger partial charge in [0.2, 0.25) is 11.8 Å². The van der Waals surface area contributed by atoms with Crippen molar-refractivity contribution in [1.82, 2.24) is 10.6 Å². The van der Waals surface area contributed by atoms with Crippen molar-refractivity contribution in [1.29, 1.82) is 0 Å². The quantitative estimate of drug-likeness (QED) is 0.692. The van der Waals surface area contributed by atoms with Gasteiger partial charge in [0.1, 0.15) is 0 Å². The first-order valence-corrected chi connectivity index (χ1v) is 8.10. The van der Waals surface area contributed by atoms with E-state index in [2.05, 4.69) is 10.6 Å². The van der Waals surface area contributed by atoms with Crippen molar-refractivity contribution < 1.29 is 22.8 Å². The SMILES string of the molecule is CC(C)[C@H](N)C(=O)NCC(=O)NC1CC1c1ccccc1C(F)(F)F.Cl. The lowest BCUT2D eigenvalue weighted by atomic mass is 10.0. The Kier molecular flexibility index (Phi) is 7.46. The Morgan fingerprint density at radius 2 is 1.88 bits per heavy atom. The van der Waals surface area contributed by atoms with Crippen LogP contribution in [0.2, 0.25) is 0 Å². The van der Waals surface area contributed by atoms with Crippen LogP contribution in [0.3, 0.4) is 0 Å². The molecule has 5 nitrogen and oxygen atoms in total. The summed E-state index contributed by atoms with van der Waals surface area (Å²) in [6.07, 6.45) is -3.98. The zero-order valence-corrected chi connectivity index (χ0v) is 15.3. The number of carbonyl (C=O) groups is 2. The van der Waals surface area contributed by atoms with Gasteiger partial charge in [0.15, 0.2) is 0 Å². The van der Waals surface area contributed by atoms with E-state index >= 15 is 0 Å². The van der Waals surface area contributed by atoms with Crippen LogP contribution in [0.1, 0.15) is 37.3 Å². The first-order valence-electron chi connectivity index (χ1n) is 8.10. The molecular weight excluding hydrogens is 371 g/mol. The summed E-state index contributed by atoms with van der Waals surface area (Å²) in [6, 6.07) is 4.31. The average Bonchev–Trinajstić information content (AvgIpc) is 3.29. The van der Waals surface area contributed by atoms with E-state index < -0.39 is 29.6 Å². The molecular formula is C17H23ClF3N3O2. The summed E-state index contributed by atoms with van der Waals surface area (Å²) in [7, 11) is 0. The molecule has 0 saturated heterocycles. The molecule has 0 aliphatic heterocycles. The Morgan fingerprint density at radius 1 is 1.27 bits per heavy atom. The highest BCUT2D eigenvalue weighted by Crippen LogP contribution is 2.46. The minimum Gasteiger partial charge on any atom is -0.351 e. The molecule has 0 bridgehead atoms. The van der Waals surface area contributed by atoms with Crippen molar-refractivity contribution in [2.24, 2.45) is 11.7 Å². The summed E-state index contributed by atoms with van der Waals surface area (Å²) in [4.78, 5) is 23.6. The molecule has 1 aliphatic rings. The number of nitrogens with one attached hydrogen (secondary N) is 2. The molecule has 0 spiro atoms. The summed E-state index contributed by atoms with van der Waals surface area (Å²) >= 11 is 0. The van der Waals surface area contributed by atoms with Gasteiger partial charge in [-0.2, -0.15) is 13.2 Å². The molecule has 3 atom stereocenters. The maximum atomic E-state index is 13.0. The maximum Gasteiger partial charge on any atom is 0.416 e. The maximum absolute atomic E-state index is 13.0. The third kappa shape index (κ3) is 5.60. The zero-order valence-electron chi connectivity index (χ0n) is 14.5. The number of carbonyl (C=O) groups excluding carboxylic acids is 2. The molecule has 9 heteroatoms. The van der Waals surface area contributed by atoms with Gasteiger partial charge in [-0.25, -0.2) is 0 Å². The Bertz CT molecular complexity index is 652. The highest BCUT2D eigenvalue weighted by atomic mass is 35.5. The monoisotopic (exact) mass is 393 g/mol. The van der Waals surface area contributed by atoms with E-state index in [1.54, 1.807) is 19.9 Å². The molecule has 1 aromatic carbocycles. The predicted molar refractivity (Wildman–Crippen MR) is 93.8 cm³/mol. The fraction of sp³-hybridized carbons (Fsp3) is 0.529. The van der Waals surface area contributed by atoms with Crippen LogP contribution in [0, 0.1) is 5.92 Å². The van der Waals surface area contributed by atoms with Gasteiger partial charge in [0, 0.05) is 12.0 Å². The highest BCUT2D eigenvalue weighted by molar-refractivity contribution is 5.87. The van der Waals surface area contributed by atoms with Crippen LogP contribution < -0.4 is 16.4 Å². The second kappa shape index (κ2) is 8.73.